The highest BCUT2D eigenvalue weighted by atomic mass is 16.5. The van der Waals surface area contributed by atoms with E-state index in [1.165, 1.54) is 0 Å². The molecule has 0 aromatic carbocycles. The molecule has 3 heterocycles. The summed E-state index contributed by atoms with van der Waals surface area (Å²) in [4.78, 5) is 26.4. The van der Waals surface area contributed by atoms with Gasteiger partial charge in [0.1, 0.15) is 18.1 Å². The van der Waals surface area contributed by atoms with Crippen LogP contribution in [0.4, 0.5) is 5.82 Å². The largest absolute Gasteiger partial charge is 0.453 e. The summed E-state index contributed by atoms with van der Waals surface area (Å²) in [6, 6.07) is 5.06. The Bertz CT molecular complexity index is 743. The number of rotatable bonds is 5. The third-order valence-corrected chi connectivity index (χ3v) is 4.19. The van der Waals surface area contributed by atoms with E-state index in [1.54, 1.807) is 37.1 Å². The Morgan fingerprint density at radius 3 is 2.76 bits per heavy atom. The van der Waals surface area contributed by atoms with Crippen molar-refractivity contribution in [2.75, 3.05) is 25.5 Å². The lowest BCUT2D eigenvalue weighted by molar-refractivity contribution is -0.121. The molecule has 1 saturated heterocycles. The van der Waals surface area contributed by atoms with Gasteiger partial charge in [-0.3, -0.25) is 9.59 Å². The van der Waals surface area contributed by atoms with Crippen molar-refractivity contribution in [1.82, 2.24) is 10.1 Å². The number of methoxy groups -OCH3 is 1. The summed E-state index contributed by atoms with van der Waals surface area (Å²) in [5, 5.41) is 6.50. The first-order valence-corrected chi connectivity index (χ1v) is 8.18. The van der Waals surface area contributed by atoms with Crippen molar-refractivity contribution in [3.05, 3.63) is 35.5 Å². The van der Waals surface area contributed by atoms with Gasteiger partial charge in [0.2, 0.25) is 5.91 Å². The average Bonchev–Trinajstić information content (AvgIpc) is 3.24. The quantitative estimate of drug-likeness (QED) is 0.890. The smallest absolute Gasteiger partial charge is 0.289 e. The van der Waals surface area contributed by atoms with Gasteiger partial charge in [-0.15, -0.1) is 0 Å². The summed E-state index contributed by atoms with van der Waals surface area (Å²) >= 11 is 0. The van der Waals surface area contributed by atoms with E-state index in [9.17, 15) is 9.59 Å². The molecule has 0 spiro atoms. The van der Waals surface area contributed by atoms with Crippen molar-refractivity contribution in [1.29, 1.82) is 0 Å². The molecule has 0 bridgehead atoms. The van der Waals surface area contributed by atoms with Gasteiger partial charge in [-0.2, -0.15) is 0 Å². The molecule has 0 aliphatic carbocycles. The van der Waals surface area contributed by atoms with E-state index < -0.39 is 0 Å². The van der Waals surface area contributed by atoms with Crippen molar-refractivity contribution in [2.24, 2.45) is 5.92 Å². The van der Waals surface area contributed by atoms with Crippen LogP contribution in [-0.2, 0) is 16.1 Å². The SMILES string of the molecule is COCc1ccc(C(=O)N2CCC(C(=O)Nc3cc(C)on3)CC2)o1. The number of nitrogens with one attached hydrogen (secondary N) is 1. The predicted molar refractivity (Wildman–Crippen MR) is 87.9 cm³/mol. The Hall–Kier alpha value is -2.61. The first-order valence-electron chi connectivity index (χ1n) is 8.18. The van der Waals surface area contributed by atoms with Crippen LogP contribution in [0.3, 0.4) is 0 Å². The maximum absolute atomic E-state index is 12.5. The normalized spacial score (nSPS) is 15.4. The molecule has 0 atom stereocenters. The number of amides is 2. The molecule has 134 valence electrons. The molecule has 0 radical (unpaired) electrons. The molecule has 3 rings (SSSR count). The van der Waals surface area contributed by atoms with Crippen molar-refractivity contribution in [3.8, 4) is 0 Å². The fraction of sp³-hybridized carbons (Fsp3) is 0.471. The molecule has 1 aliphatic heterocycles. The van der Waals surface area contributed by atoms with Crippen molar-refractivity contribution < 1.29 is 23.3 Å². The minimum atomic E-state index is -0.159. The molecule has 2 aromatic rings. The van der Waals surface area contributed by atoms with Gasteiger partial charge in [-0.1, -0.05) is 5.16 Å². The van der Waals surface area contributed by atoms with Gasteiger partial charge in [0.25, 0.3) is 5.91 Å². The molecule has 1 fully saturated rings. The van der Waals surface area contributed by atoms with Crippen molar-refractivity contribution >= 4 is 17.6 Å². The number of furan rings is 1. The number of ether oxygens (including phenoxy) is 1. The van der Waals surface area contributed by atoms with E-state index in [2.05, 4.69) is 10.5 Å². The third-order valence-electron chi connectivity index (χ3n) is 4.19. The van der Waals surface area contributed by atoms with E-state index in [-0.39, 0.29) is 17.7 Å². The third kappa shape index (κ3) is 4.08. The average molecular weight is 347 g/mol. The number of nitrogens with zero attached hydrogens (tertiary/aromatic N) is 2. The summed E-state index contributed by atoms with van der Waals surface area (Å²) in [5.41, 5.74) is 0. The van der Waals surface area contributed by atoms with Gasteiger partial charge in [-0.25, -0.2) is 0 Å². The van der Waals surface area contributed by atoms with Gasteiger partial charge in [0.15, 0.2) is 11.6 Å². The maximum atomic E-state index is 12.5. The van der Waals surface area contributed by atoms with E-state index >= 15 is 0 Å². The molecule has 25 heavy (non-hydrogen) atoms. The number of likely N-dealkylation sites (tertiary alicyclic amines) is 1. The first-order chi connectivity index (χ1) is 12.1. The number of aryl methyl sites for hydroxylation is 1. The first kappa shape index (κ1) is 17.2. The van der Waals surface area contributed by atoms with Gasteiger partial charge in [0.05, 0.1) is 0 Å². The minimum Gasteiger partial charge on any atom is -0.453 e. The number of hydrogen-bond donors (Lipinski definition) is 1. The lowest BCUT2D eigenvalue weighted by Crippen LogP contribution is -2.41. The molecule has 2 amide bonds. The van der Waals surface area contributed by atoms with Crippen molar-refractivity contribution in [2.45, 2.75) is 26.4 Å². The van der Waals surface area contributed by atoms with Crippen LogP contribution in [0.15, 0.2) is 27.1 Å². The number of carbonyl (C=O) groups excluding carboxylic acids is 2. The highest BCUT2D eigenvalue weighted by molar-refractivity contribution is 5.93. The fourth-order valence-corrected chi connectivity index (χ4v) is 2.87. The van der Waals surface area contributed by atoms with Crippen LogP contribution in [0.25, 0.3) is 0 Å². The van der Waals surface area contributed by atoms with Crippen molar-refractivity contribution in [3.63, 3.8) is 0 Å². The Balaban J connectivity index is 1.52. The van der Waals surface area contributed by atoms with Gasteiger partial charge < -0.3 is 23.9 Å². The standard InChI is InChI=1S/C17H21N3O5/c1-11-9-15(19-25-11)18-16(21)12-5-7-20(8-6-12)17(22)14-4-3-13(24-14)10-23-2/h3-4,9,12H,5-8,10H2,1-2H3,(H,18,19,21). The van der Waals surface area contributed by atoms with Gasteiger partial charge >= 0.3 is 0 Å². The molecule has 1 N–H and O–H groups in total. The highest BCUT2D eigenvalue weighted by Gasteiger charge is 2.29. The van der Waals surface area contributed by atoms with Crippen LogP contribution in [0.1, 0.15) is 34.9 Å². The fourth-order valence-electron chi connectivity index (χ4n) is 2.87. The van der Waals surface area contributed by atoms with E-state index in [4.69, 9.17) is 13.7 Å². The van der Waals surface area contributed by atoms with E-state index in [0.717, 1.165) is 0 Å². The van der Waals surface area contributed by atoms with Crippen LogP contribution >= 0.6 is 0 Å². The van der Waals surface area contributed by atoms with Crippen LogP contribution in [-0.4, -0.2) is 42.1 Å². The summed E-state index contributed by atoms with van der Waals surface area (Å²) < 4.78 is 15.4. The summed E-state index contributed by atoms with van der Waals surface area (Å²) in [5.74, 6) is 1.57. The Morgan fingerprint density at radius 2 is 2.12 bits per heavy atom. The molecule has 0 saturated carbocycles. The molecular formula is C17H21N3O5. The summed E-state index contributed by atoms with van der Waals surface area (Å²) in [6.45, 7) is 3.11. The van der Waals surface area contributed by atoms with E-state index in [0.29, 0.717) is 55.6 Å². The zero-order chi connectivity index (χ0) is 17.8. The monoisotopic (exact) mass is 347 g/mol. The number of carbonyl (C=O) groups is 2. The topological polar surface area (TPSA) is 97.8 Å². The summed E-state index contributed by atoms with van der Waals surface area (Å²) in [6.07, 6.45) is 1.19. The van der Waals surface area contributed by atoms with E-state index in [1.807, 2.05) is 0 Å². The Kier molecular flexibility index (Phi) is 5.18. The molecular weight excluding hydrogens is 326 g/mol. The molecule has 2 aromatic heterocycles. The van der Waals surface area contributed by atoms with Crippen LogP contribution < -0.4 is 5.32 Å². The van der Waals surface area contributed by atoms with Gasteiger partial charge in [-0.05, 0) is 31.9 Å². The Morgan fingerprint density at radius 1 is 1.36 bits per heavy atom. The van der Waals surface area contributed by atoms with Gasteiger partial charge in [0, 0.05) is 32.2 Å². The predicted octanol–water partition coefficient (Wildman–Crippen LogP) is 2.21. The second-order valence-corrected chi connectivity index (χ2v) is 6.08. The Labute approximate surface area is 145 Å². The molecule has 8 nitrogen and oxygen atoms in total. The molecule has 8 heteroatoms. The zero-order valence-electron chi connectivity index (χ0n) is 14.3. The lowest BCUT2D eigenvalue weighted by atomic mass is 9.95. The second-order valence-electron chi connectivity index (χ2n) is 6.08. The summed E-state index contributed by atoms with van der Waals surface area (Å²) in [7, 11) is 1.57. The number of hydrogen-bond acceptors (Lipinski definition) is 6. The maximum Gasteiger partial charge on any atom is 0.289 e. The van der Waals surface area contributed by atoms with Crippen LogP contribution in [0.2, 0.25) is 0 Å². The highest BCUT2D eigenvalue weighted by Crippen LogP contribution is 2.22. The van der Waals surface area contributed by atoms with Crippen LogP contribution in [0, 0.1) is 12.8 Å². The minimum absolute atomic E-state index is 0.0965. The van der Waals surface area contributed by atoms with Crippen LogP contribution in [0.5, 0.6) is 0 Å². The number of piperidine rings is 1. The number of anilines is 1. The second kappa shape index (κ2) is 7.52. The lowest BCUT2D eigenvalue weighted by Gasteiger charge is -2.30. The molecule has 0 unspecified atom stereocenters. The number of aromatic nitrogens is 1. The molecule has 1 aliphatic rings. The zero-order valence-corrected chi connectivity index (χ0v) is 14.3.